The van der Waals surface area contributed by atoms with Crippen LogP contribution in [0.5, 0.6) is 0 Å². The van der Waals surface area contributed by atoms with Gasteiger partial charge in [0.15, 0.2) is 0 Å². The van der Waals surface area contributed by atoms with Gasteiger partial charge in [0.1, 0.15) is 0 Å². The highest BCUT2D eigenvalue weighted by Gasteiger charge is 2.34. The fourth-order valence-corrected chi connectivity index (χ4v) is 6.47. The molecular formula is C26H35N3O4S. The van der Waals surface area contributed by atoms with Crippen molar-refractivity contribution in [2.45, 2.75) is 51.9 Å². The van der Waals surface area contributed by atoms with Crippen LogP contribution in [-0.4, -0.2) is 50.7 Å². The summed E-state index contributed by atoms with van der Waals surface area (Å²) in [5, 5.41) is 5.51. The van der Waals surface area contributed by atoms with Crippen molar-refractivity contribution < 1.29 is 18.0 Å². The lowest BCUT2D eigenvalue weighted by Gasteiger charge is -2.31. The first kappa shape index (κ1) is 25.9. The van der Waals surface area contributed by atoms with Gasteiger partial charge in [0.25, 0.3) is 0 Å². The number of nitrogens with one attached hydrogen (secondary N) is 2. The third-order valence-corrected chi connectivity index (χ3v) is 8.89. The van der Waals surface area contributed by atoms with E-state index in [1.54, 1.807) is 0 Å². The molecule has 0 aliphatic carbocycles. The van der Waals surface area contributed by atoms with Crippen molar-refractivity contribution in [2.24, 2.45) is 5.92 Å². The Bertz CT molecular complexity index is 1110. The Kier molecular flexibility index (Phi) is 8.49. The molecule has 2 N–H and O–H groups in total. The van der Waals surface area contributed by atoms with Crippen molar-refractivity contribution in [2.75, 3.05) is 26.2 Å². The Morgan fingerprint density at radius 2 is 1.53 bits per heavy atom. The second-order valence-corrected chi connectivity index (χ2v) is 10.9. The summed E-state index contributed by atoms with van der Waals surface area (Å²) < 4.78 is 28.3. The van der Waals surface area contributed by atoms with Gasteiger partial charge in [0, 0.05) is 25.6 Å². The van der Waals surface area contributed by atoms with Gasteiger partial charge in [-0.05, 0) is 74.8 Å². The van der Waals surface area contributed by atoms with E-state index in [-0.39, 0.29) is 37.4 Å². The number of nitrogens with zero attached hydrogens (tertiary/aromatic N) is 1. The lowest BCUT2D eigenvalue weighted by Crippen LogP contribution is -2.45. The van der Waals surface area contributed by atoms with Crippen LogP contribution in [0, 0.1) is 33.6 Å². The van der Waals surface area contributed by atoms with Gasteiger partial charge in [-0.15, -0.1) is 0 Å². The number of rotatable bonds is 8. The van der Waals surface area contributed by atoms with Gasteiger partial charge in [-0.3, -0.25) is 9.59 Å². The van der Waals surface area contributed by atoms with E-state index in [2.05, 4.69) is 10.6 Å². The van der Waals surface area contributed by atoms with Gasteiger partial charge in [0.2, 0.25) is 21.8 Å². The van der Waals surface area contributed by atoms with Gasteiger partial charge in [-0.1, -0.05) is 36.4 Å². The molecule has 2 aromatic rings. The molecule has 7 nitrogen and oxygen atoms in total. The fourth-order valence-electron chi connectivity index (χ4n) is 4.42. The summed E-state index contributed by atoms with van der Waals surface area (Å²) in [6.45, 7) is 8.55. The fraction of sp³-hybridized carbons (Fsp3) is 0.462. The van der Waals surface area contributed by atoms with Crippen LogP contribution in [0.2, 0.25) is 0 Å². The number of hydrogen-bond donors (Lipinski definition) is 2. The van der Waals surface area contributed by atoms with Crippen molar-refractivity contribution in [3.8, 4) is 0 Å². The molecule has 184 valence electrons. The molecule has 2 aromatic carbocycles. The van der Waals surface area contributed by atoms with E-state index in [1.165, 1.54) is 4.31 Å². The van der Waals surface area contributed by atoms with Crippen molar-refractivity contribution in [1.82, 2.24) is 14.9 Å². The van der Waals surface area contributed by atoms with Crippen LogP contribution in [-0.2, 0) is 26.0 Å². The van der Waals surface area contributed by atoms with Crippen LogP contribution >= 0.6 is 0 Å². The molecule has 34 heavy (non-hydrogen) atoms. The Labute approximate surface area is 203 Å². The number of sulfonamides is 1. The molecule has 2 amide bonds. The van der Waals surface area contributed by atoms with E-state index < -0.39 is 10.0 Å². The number of carbonyl (C=O) groups excluding carboxylic acids is 2. The largest absolute Gasteiger partial charge is 0.354 e. The molecule has 8 heteroatoms. The predicted molar refractivity (Wildman–Crippen MR) is 133 cm³/mol. The number of piperidine rings is 1. The van der Waals surface area contributed by atoms with Gasteiger partial charge < -0.3 is 10.6 Å². The SMILES string of the molecule is Cc1cc(C)c(C)c(S(=O)(=O)N2CCC(C(=O)NCC(=O)NCCc3ccccc3)CC2)c1C. The number of hydrogen-bond acceptors (Lipinski definition) is 4. The maximum absolute atomic E-state index is 13.4. The first-order chi connectivity index (χ1) is 16.1. The summed E-state index contributed by atoms with van der Waals surface area (Å²) in [6.07, 6.45) is 1.60. The topological polar surface area (TPSA) is 95.6 Å². The third kappa shape index (κ3) is 6.04. The van der Waals surface area contributed by atoms with Gasteiger partial charge in [-0.25, -0.2) is 8.42 Å². The highest BCUT2D eigenvalue weighted by atomic mass is 32.2. The van der Waals surface area contributed by atoms with Gasteiger partial charge in [-0.2, -0.15) is 4.31 Å². The molecule has 0 atom stereocenters. The van der Waals surface area contributed by atoms with Crippen molar-refractivity contribution in [3.05, 3.63) is 64.2 Å². The van der Waals surface area contributed by atoms with E-state index >= 15 is 0 Å². The summed E-state index contributed by atoms with van der Waals surface area (Å²) in [4.78, 5) is 25.0. The maximum Gasteiger partial charge on any atom is 0.243 e. The third-order valence-electron chi connectivity index (χ3n) is 6.72. The highest BCUT2D eigenvalue weighted by molar-refractivity contribution is 7.89. The Morgan fingerprint density at radius 1 is 0.941 bits per heavy atom. The monoisotopic (exact) mass is 485 g/mol. The smallest absolute Gasteiger partial charge is 0.243 e. The molecule has 0 aromatic heterocycles. The summed E-state index contributed by atoms with van der Waals surface area (Å²) in [5.41, 5.74) is 4.61. The number of amides is 2. The van der Waals surface area contributed by atoms with E-state index in [1.807, 2.05) is 64.1 Å². The Hall–Kier alpha value is -2.71. The normalized spacial score (nSPS) is 15.2. The lowest BCUT2D eigenvalue weighted by molar-refractivity contribution is -0.129. The predicted octanol–water partition coefficient (Wildman–Crippen LogP) is 2.80. The average Bonchev–Trinajstić information content (AvgIpc) is 2.82. The van der Waals surface area contributed by atoms with Crippen LogP contribution < -0.4 is 10.6 Å². The molecule has 0 radical (unpaired) electrons. The molecule has 1 aliphatic rings. The molecule has 3 rings (SSSR count). The summed E-state index contributed by atoms with van der Waals surface area (Å²) in [7, 11) is -3.64. The van der Waals surface area contributed by atoms with Crippen molar-refractivity contribution in [1.29, 1.82) is 0 Å². The van der Waals surface area contributed by atoms with Crippen LogP contribution in [0.15, 0.2) is 41.3 Å². The molecule has 0 spiro atoms. The molecular weight excluding hydrogens is 450 g/mol. The van der Waals surface area contributed by atoms with Crippen LogP contribution in [0.1, 0.15) is 40.7 Å². The van der Waals surface area contributed by atoms with E-state index in [0.29, 0.717) is 24.3 Å². The lowest BCUT2D eigenvalue weighted by atomic mass is 9.97. The molecule has 0 unspecified atom stereocenters. The van der Waals surface area contributed by atoms with Crippen LogP contribution in [0.4, 0.5) is 0 Å². The first-order valence-electron chi connectivity index (χ1n) is 11.8. The van der Waals surface area contributed by atoms with Crippen LogP contribution in [0.3, 0.4) is 0 Å². The summed E-state index contributed by atoms with van der Waals surface area (Å²) in [5.74, 6) is -0.732. The zero-order chi connectivity index (χ0) is 24.9. The van der Waals surface area contributed by atoms with Crippen molar-refractivity contribution >= 4 is 21.8 Å². The molecule has 1 heterocycles. The second kappa shape index (κ2) is 11.1. The highest BCUT2D eigenvalue weighted by Crippen LogP contribution is 2.31. The summed E-state index contributed by atoms with van der Waals surface area (Å²) >= 11 is 0. The zero-order valence-corrected chi connectivity index (χ0v) is 21.3. The van der Waals surface area contributed by atoms with Crippen LogP contribution in [0.25, 0.3) is 0 Å². The minimum atomic E-state index is -3.64. The van der Waals surface area contributed by atoms with E-state index in [4.69, 9.17) is 0 Å². The average molecular weight is 486 g/mol. The maximum atomic E-state index is 13.4. The second-order valence-electron chi connectivity index (χ2n) is 9.07. The molecule has 1 fully saturated rings. The molecule has 0 bridgehead atoms. The number of benzene rings is 2. The summed E-state index contributed by atoms with van der Waals surface area (Å²) in [6, 6.07) is 11.9. The van der Waals surface area contributed by atoms with E-state index in [0.717, 1.165) is 34.2 Å². The van der Waals surface area contributed by atoms with E-state index in [9.17, 15) is 18.0 Å². The van der Waals surface area contributed by atoms with Gasteiger partial charge >= 0.3 is 0 Å². The molecule has 1 aliphatic heterocycles. The standard InChI is InChI=1S/C26H35N3O4S/c1-18-16-19(2)21(4)25(20(18)3)34(32,33)29-14-11-23(12-15-29)26(31)28-17-24(30)27-13-10-22-8-6-5-7-9-22/h5-9,16,23H,10-15,17H2,1-4H3,(H,27,30)(H,28,31). The van der Waals surface area contributed by atoms with Crippen molar-refractivity contribution in [3.63, 3.8) is 0 Å². The molecule has 0 saturated carbocycles. The Balaban J connectivity index is 1.49. The quantitative estimate of drug-likeness (QED) is 0.601. The first-order valence-corrected chi connectivity index (χ1v) is 13.2. The Morgan fingerprint density at radius 3 is 2.12 bits per heavy atom. The minimum Gasteiger partial charge on any atom is -0.354 e. The van der Waals surface area contributed by atoms with Gasteiger partial charge in [0.05, 0.1) is 11.4 Å². The zero-order valence-electron chi connectivity index (χ0n) is 20.5. The molecule has 1 saturated heterocycles. The minimum absolute atomic E-state index is 0.0763. The number of aryl methyl sites for hydroxylation is 2. The number of carbonyl (C=O) groups is 2.